The lowest BCUT2D eigenvalue weighted by molar-refractivity contribution is 0.0913. The van der Waals surface area contributed by atoms with Crippen LogP contribution in [0.2, 0.25) is 5.02 Å². The van der Waals surface area contributed by atoms with Crippen LogP contribution < -0.4 is 10.1 Å². The molecule has 1 saturated heterocycles. The van der Waals surface area contributed by atoms with Gasteiger partial charge in [0.05, 0.1) is 13.4 Å². The maximum Gasteiger partial charge on any atom is 0.286 e. The molecule has 0 saturated carbocycles. The van der Waals surface area contributed by atoms with Crippen molar-refractivity contribution in [1.29, 1.82) is 0 Å². The Kier molecular flexibility index (Phi) is 6.08. The molecule has 0 radical (unpaired) electrons. The number of ether oxygens (including phenoxy) is 1. The number of methoxy groups -OCH3 is 1. The van der Waals surface area contributed by atoms with Gasteiger partial charge in [0.25, 0.3) is 5.91 Å². The Labute approximate surface area is 163 Å². The topological polar surface area (TPSA) is 88.9 Å². The minimum absolute atomic E-state index is 0.0117. The van der Waals surface area contributed by atoms with E-state index in [1.807, 2.05) is 0 Å². The first-order chi connectivity index (χ1) is 12.9. The highest BCUT2D eigenvalue weighted by atomic mass is 35.5. The normalized spacial score (nSPS) is 18.2. The molecule has 7 nitrogen and oxygen atoms in total. The van der Waals surface area contributed by atoms with E-state index in [4.69, 9.17) is 20.8 Å². The predicted octanol–water partition coefficient (Wildman–Crippen LogP) is 2.77. The van der Waals surface area contributed by atoms with Crippen molar-refractivity contribution < 1.29 is 22.4 Å². The summed E-state index contributed by atoms with van der Waals surface area (Å²) < 4.78 is 37.8. The maximum absolute atomic E-state index is 13.1. The second-order valence-electron chi connectivity index (χ2n) is 6.35. The fourth-order valence-corrected chi connectivity index (χ4v) is 5.11. The van der Waals surface area contributed by atoms with E-state index in [9.17, 15) is 13.2 Å². The number of piperidine rings is 1. The molecule has 0 aliphatic carbocycles. The largest absolute Gasteiger partial charge is 0.495 e. The zero-order valence-corrected chi connectivity index (χ0v) is 16.4. The minimum atomic E-state index is -3.75. The van der Waals surface area contributed by atoms with E-state index in [0.717, 1.165) is 6.42 Å². The molecule has 1 amide bonds. The Balaban J connectivity index is 1.70. The van der Waals surface area contributed by atoms with Crippen molar-refractivity contribution >= 4 is 27.5 Å². The van der Waals surface area contributed by atoms with E-state index in [1.54, 1.807) is 24.3 Å². The number of hydrogen-bond acceptors (Lipinski definition) is 5. The highest BCUT2D eigenvalue weighted by Crippen LogP contribution is 2.31. The van der Waals surface area contributed by atoms with Gasteiger partial charge in [-0.25, -0.2) is 8.42 Å². The molecule has 2 heterocycles. The molecular formula is C18H21ClN2O5S. The van der Waals surface area contributed by atoms with Gasteiger partial charge in [0.1, 0.15) is 10.6 Å². The smallest absolute Gasteiger partial charge is 0.286 e. The molecule has 1 N–H and O–H groups in total. The standard InChI is InChI=1S/C18H21ClN2O5S/c1-25-15-7-6-14(19)10-17(15)27(23,24)21-8-2-4-13(12-21)11-20-18(22)16-5-3-9-26-16/h3,5-7,9-10,13H,2,4,8,11-12H2,1H3,(H,20,22)/t13-/m1/s1. The van der Waals surface area contributed by atoms with E-state index in [0.29, 0.717) is 31.1 Å². The molecule has 1 aromatic heterocycles. The highest BCUT2D eigenvalue weighted by Gasteiger charge is 2.32. The zero-order chi connectivity index (χ0) is 19.4. The van der Waals surface area contributed by atoms with Crippen molar-refractivity contribution in [3.8, 4) is 5.75 Å². The minimum Gasteiger partial charge on any atom is -0.495 e. The molecule has 1 aliphatic rings. The summed E-state index contributed by atoms with van der Waals surface area (Å²) in [6.07, 6.45) is 2.97. The SMILES string of the molecule is COc1ccc(Cl)cc1S(=O)(=O)N1CCC[C@H](CNC(=O)c2ccco2)C1. The molecule has 2 aromatic rings. The van der Waals surface area contributed by atoms with Crippen molar-refractivity contribution in [1.82, 2.24) is 9.62 Å². The molecule has 0 bridgehead atoms. The van der Waals surface area contributed by atoms with Crippen molar-refractivity contribution in [2.75, 3.05) is 26.7 Å². The van der Waals surface area contributed by atoms with Crippen LogP contribution in [-0.2, 0) is 10.0 Å². The predicted molar refractivity (Wildman–Crippen MR) is 101 cm³/mol. The summed E-state index contributed by atoms with van der Waals surface area (Å²) in [6.45, 7) is 1.11. The van der Waals surface area contributed by atoms with Crippen LogP contribution in [0, 0.1) is 5.92 Å². The van der Waals surface area contributed by atoms with Gasteiger partial charge >= 0.3 is 0 Å². The van der Waals surface area contributed by atoms with E-state index in [1.165, 1.54) is 23.7 Å². The summed E-state index contributed by atoms with van der Waals surface area (Å²) in [4.78, 5) is 12.1. The van der Waals surface area contributed by atoms with Crippen LogP contribution in [0.15, 0.2) is 45.9 Å². The van der Waals surface area contributed by atoms with Crippen LogP contribution in [0.4, 0.5) is 0 Å². The van der Waals surface area contributed by atoms with E-state index in [-0.39, 0.29) is 28.2 Å². The number of furan rings is 1. The summed E-state index contributed by atoms with van der Waals surface area (Å²) >= 11 is 5.99. The summed E-state index contributed by atoms with van der Waals surface area (Å²) in [7, 11) is -2.33. The monoisotopic (exact) mass is 412 g/mol. The Morgan fingerprint density at radius 2 is 2.22 bits per heavy atom. The molecule has 9 heteroatoms. The van der Waals surface area contributed by atoms with Gasteiger partial charge in [-0.2, -0.15) is 4.31 Å². The van der Waals surface area contributed by atoms with E-state index >= 15 is 0 Å². The Bertz CT molecular complexity index is 898. The first-order valence-electron chi connectivity index (χ1n) is 8.57. The van der Waals surface area contributed by atoms with Crippen molar-refractivity contribution in [2.45, 2.75) is 17.7 Å². The summed E-state index contributed by atoms with van der Waals surface area (Å²) in [5, 5.41) is 3.13. The third kappa shape index (κ3) is 4.45. The molecule has 0 unspecified atom stereocenters. The lowest BCUT2D eigenvalue weighted by atomic mass is 10.00. The third-order valence-corrected chi connectivity index (χ3v) is 6.64. The van der Waals surface area contributed by atoms with E-state index in [2.05, 4.69) is 5.32 Å². The molecule has 1 aliphatic heterocycles. The van der Waals surface area contributed by atoms with Crippen LogP contribution in [0.1, 0.15) is 23.4 Å². The number of rotatable bonds is 6. The second-order valence-corrected chi connectivity index (χ2v) is 8.70. The first-order valence-corrected chi connectivity index (χ1v) is 10.4. The van der Waals surface area contributed by atoms with Gasteiger partial charge in [-0.05, 0) is 49.1 Å². The Hall–Kier alpha value is -2.03. The van der Waals surface area contributed by atoms with Gasteiger partial charge in [-0.1, -0.05) is 11.6 Å². The molecule has 146 valence electrons. The molecule has 1 atom stereocenters. The summed E-state index contributed by atoms with van der Waals surface area (Å²) in [5.74, 6) is 0.195. The molecular weight excluding hydrogens is 392 g/mol. The zero-order valence-electron chi connectivity index (χ0n) is 14.9. The number of carbonyl (C=O) groups is 1. The second kappa shape index (κ2) is 8.33. The number of halogens is 1. The van der Waals surface area contributed by atoms with Gasteiger partial charge in [-0.3, -0.25) is 4.79 Å². The van der Waals surface area contributed by atoms with Gasteiger partial charge in [0, 0.05) is 24.7 Å². The number of benzene rings is 1. The van der Waals surface area contributed by atoms with Gasteiger partial charge in [0.15, 0.2) is 5.76 Å². The van der Waals surface area contributed by atoms with Crippen LogP contribution >= 0.6 is 11.6 Å². The average molecular weight is 413 g/mol. The average Bonchev–Trinajstić information content (AvgIpc) is 3.21. The number of nitrogens with zero attached hydrogens (tertiary/aromatic N) is 1. The Morgan fingerprint density at radius 1 is 1.41 bits per heavy atom. The first kappa shape index (κ1) is 19.7. The van der Waals surface area contributed by atoms with Crippen LogP contribution in [0.5, 0.6) is 5.75 Å². The molecule has 27 heavy (non-hydrogen) atoms. The Morgan fingerprint density at radius 3 is 2.93 bits per heavy atom. The maximum atomic E-state index is 13.1. The lowest BCUT2D eigenvalue weighted by Crippen LogP contribution is -2.43. The van der Waals surface area contributed by atoms with Crippen LogP contribution in [-0.4, -0.2) is 45.4 Å². The number of sulfonamides is 1. The number of hydrogen-bond donors (Lipinski definition) is 1. The number of nitrogens with one attached hydrogen (secondary N) is 1. The van der Waals surface area contributed by atoms with Gasteiger partial charge in [-0.15, -0.1) is 0 Å². The molecule has 3 rings (SSSR count). The number of carbonyl (C=O) groups excluding carboxylic acids is 1. The lowest BCUT2D eigenvalue weighted by Gasteiger charge is -2.32. The van der Waals surface area contributed by atoms with E-state index < -0.39 is 10.0 Å². The summed E-state index contributed by atoms with van der Waals surface area (Å²) in [6, 6.07) is 7.75. The van der Waals surface area contributed by atoms with Crippen LogP contribution in [0.3, 0.4) is 0 Å². The molecule has 1 aromatic carbocycles. The van der Waals surface area contributed by atoms with Gasteiger partial charge in [0.2, 0.25) is 10.0 Å². The highest BCUT2D eigenvalue weighted by molar-refractivity contribution is 7.89. The quantitative estimate of drug-likeness (QED) is 0.788. The molecule has 0 spiro atoms. The third-order valence-electron chi connectivity index (χ3n) is 4.52. The fourth-order valence-electron chi connectivity index (χ4n) is 3.13. The van der Waals surface area contributed by atoms with Gasteiger partial charge < -0.3 is 14.5 Å². The fraction of sp³-hybridized carbons (Fsp3) is 0.389. The summed E-state index contributed by atoms with van der Waals surface area (Å²) in [5.41, 5.74) is 0. The molecule has 1 fully saturated rings. The number of amides is 1. The van der Waals surface area contributed by atoms with Crippen molar-refractivity contribution in [3.05, 3.63) is 47.4 Å². The van der Waals surface area contributed by atoms with Crippen molar-refractivity contribution in [3.63, 3.8) is 0 Å². The van der Waals surface area contributed by atoms with Crippen molar-refractivity contribution in [2.24, 2.45) is 5.92 Å². The van der Waals surface area contributed by atoms with Crippen LogP contribution in [0.25, 0.3) is 0 Å².